The summed E-state index contributed by atoms with van der Waals surface area (Å²) < 4.78 is 26.7. The number of nitro groups is 1. The lowest BCUT2D eigenvalue weighted by molar-refractivity contribution is -0.387. The maximum atomic E-state index is 12.1. The number of benzene rings is 1. The Bertz CT molecular complexity index is 573. The van der Waals surface area contributed by atoms with E-state index in [1.54, 1.807) is 0 Å². The van der Waals surface area contributed by atoms with E-state index in [1.165, 1.54) is 49.9 Å². The Kier molecular flexibility index (Phi) is 8.05. The molecule has 0 heterocycles. The molecule has 0 saturated carbocycles. The smallest absolute Gasteiger partial charge is 0.258 e. The summed E-state index contributed by atoms with van der Waals surface area (Å²) >= 11 is 0. The average molecular weight is 328 g/mol. The minimum absolute atomic E-state index is 0.275. The van der Waals surface area contributed by atoms with E-state index in [-0.39, 0.29) is 4.90 Å². The number of nitrogens with zero attached hydrogens (tertiary/aromatic N) is 1. The van der Waals surface area contributed by atoms with Gasteiger partial charge in [-0.25, -0.2) is 13.1 Å². The molecule has 124 valence electrons. The molecule has 0 aliphatic carbocycles. The Labute approximate surface area is 132 Å². The highest BCUT2D eigenvalue weighted by molar-refractivity contribution is 7.89. The third kappa shape index (κ3) is 6.11. The van der Waals surface area contributed by atoms with Crippen molar-refractivity contribution in [3.8, 4) is 0 Å². The molecule has 7 heteroatoms. The van der Waals surface area contributed by atoms with Crippen molar-refractivity contribution in [1.82, 2.24) is 4.72 Å². The molecule has 0 saturated heterocycles. The second-order valence-corrected chi connectivity index (χ2v) is 6.98. The monoisotopic (exact) mass is 328 g/mol. The molecule has 0 unspecified atom stereocenters. The van der Waals surface area contributed by atoms with Crippen LogP contribution in [0, 0.1) is 10.1 Å². The first-order valence-electron chi connectivity index (χ1n) is 7.72. The molecule has 0 aliphatic heterocycles. The summed E-state index contributed by atoms with van der Waals surface area (Å²) in [6.45, 7) is 2.47. The summed E-state index contributed by atoms with van der Waals surface area (Å²) in [6.07, 6.45) is 7.63. The zero-order valence-electron chi connectivity index (χ0n) is 13.0. The number of nitro benzene ring substituents is 1. The van der Waals surface area contributed by atoms with Crippen LogP contribution in [-0.2, 0) is 10.0 Å². The van der Waals surface area contributed by atoms with Crippen LogP contribution in [-0.4, -0.2) is 19.9 Å². The fraction of sp³-hybridized carbons (Fsp3) is 0.600. The third-order valence-electron chi connectivity index (χ3n) is 3.42. The standard InChI is InChI=1S/C15H24N2O4S/c1-2-3-4-5-6-7-10-13-16-22(20,21)15-12-9-8-11-14(15)17(18)19/h8-9,11-12,16H,2-7,10,13H2,1H3. The van der Waals surface area contributed by atoms with Crippen LogP contribution in [0.4, 0.5) is 5.69 Å². The van der Waals surface area contributed by atoms with Crippen LogP contribution in [0.2, 0.25) is 0 Å². The molecule has 0 radical (unpaired) electrons. The van der Waals surface area contributed by atoms with Gasteiger partial charge in [-0.1, -0.05) is 57.6 Å². The largest absolute Gasteiger partial charge is 0.289 e. The van der Waals surface area contributed by atoms with Crippen molar-refractivity contribution in [1.29, 1.82) is 0 Å². The molecule has 22 heavy (non-hydrogen) atoms. The number of para-hydroxylation sites is 1. The van der Waals surface area contributed by atoms with Gasteiger partial charge in [-0.15, -0.1) is 0 Å². The molecule has 1 aromatic rings. The Morgan fingerprint density at radius 3 is 2.27 bits per heavy atom. The highest BCUT2D eigenvalue weighted by atomic mass is 32.2. The molecule has 0 fully saturated rings. The first-order valence-corrected chi connectivity index (χ1v) is 9.20. The Morgan fingerprint density at radius 2 is 1.64 bits per heavy atom. The van der Waals surface area contributed by atoms with Gasteiger partial charge in [-0.2, -0.15) is 0 Å². The van der Waals surface area contributed by atoms with E-state index in [0.29, 0.717) is 6.54 Å². The van der Waals surface area contributed by atoms with Crippen molar-refractivity contribution in [3.05, 3.63) is 34.4 Å². The summed E-state index contributed by atoms with van der Waals surface area (Å²) in [6, 6.07) is 5.39. The van der Waals surface area contributed by atoms with Crippen LogP contribution in [0.5, 0.6) is 0 Å². The summed E-state index contributed by atoms with van der Waals surface area (Å²) in [5.41, 5.74) is -0.394. The number of hydrogen-bond donors (Lipinski definition) is 1. The Hall–Kier alpha value is -1.47. The first kappa shape index (κ1) is 18.6. The van der Waals surface area contributed by atoms with Crippen molar-refractivity contribution in [2.45, 2.75) is 56.8 Å². The van der Waals surface area contributed by atoms with Gasteiger partial charge in [0, 0.05) is 12.6 Å². The fourth-order valence-corrected chi connectivity index (χ4v) is 3.45. The van der Waals surface area contributed by atoms with Crippen LogP contribution in [0.25, 0.3) is 0 Å². The number of sulfonamides is 1. The van der Waals surface area contributed by atoms with Crippen molar-refractivity contribution >= 4 is 15.7 Å². The summed E-state index contributed by atoms with van der Waals surface area (Å²) in [4.78, 5) is 9.93. The molecule has 1 rings (SSSR count). The first-order chi connectivity index (χ1) is 10.5. The van der Waals surface area contributed by atoms with Crippen molar-refractivity contribution in [2.24, 2.45) is 0 Å². The van der Waals surface area contributed by atoms with Crippen LogP contribution in [0.1, 0.15) is 51.9 Å². The van der Waals surface area contributed by atoms with Gasteiger partial charge >= 0.3 is 0 Å². The van der Waals surface area contributed by atoms with Crippen LogP contribution < -0.4 is 4.72 Å². The molecule has 0 aliphatic rings. The molecule has 0 bridgehead atoms. The minimum atomic E-state index is -3.83. The second-order valence-electron chi connectivity index (χ2n) is 5.24. The van der Waals surface area contributed by atoms with E-state index in [0.717, 1.165) is 19.3 Å². The highest BCUT2D eigenvalue weighted by Gasteiger charge is 2.24. The van der Waals surface area contributed by atoms with Crippen LogP contribution in [0.3, 0.4) is 0 Å². The number of nitrogens with one attached hydrogen (secondary N) is 1. The molecule has 0 aromatic heterocycles. The number of rotatable bonds is 11. The van der Waals surface area contributed by atoms with Gasteiger partial charge in [0.2, 0.25) is 10.0 Å². The van der Waals surface area contributed by atoms with Gasteiger partial charge in [0.25, 0.3) is 5.69 Å². The number of hydrogen-bond acceptors (Lipinski definition) is 4. The van der Waals surface area contributed by atoms with E-state index >= 15 is 0 Å². The molecule has 0 spiro atoms. The Morgan fingerprint density at radius 1 is 1.05 bits per heavy atom. The lowest BCUT2D eigenvalue weighted by Gasteiger charge is -2.07. The molecule has 1 aromatic carbocycles. The molecular formula is C15H24N2O4S. The summed E-state index contributed by atoms with van der Waals surface area (Å²) in [5.74, 6) is 0. The Balaban J connectivity index is 2.44. The quantitative estimate of drug-likeness (QED) is 0.381. The molecule has 0 atom stereocenters. The van der Waals surface area contributed by atoms with Gasteiger partial charge in [0.05, 0.1) is 4.92 Å². The summed E-state index contributed by atoms with van der Waals surface area (Å²) in [5, 5.41) is 10.9. The zero-order chi connectivity index (χ0) is 16.4. The SMILES string of the molecule is CCCCCCCCCNS(=O)(=O)c1ccccc1[N+](=O)[O-]. The lowest BCUT2D eigenvalue weighted by Crippen LogP contribution is -2.25. The van der Waals surface area contributed by atoms with E-state index in [2.05, 4.69) is 11.6 Å². The topological polar surface area (TPSA) is 89.3 Å². The maximum absolute atomic E-state index is 12.1. The average Bonchev–Trinajstić information content (AvgIpc) is 2.50. The normalized spacial score (nSPS) is 11.5. The lowest BCUT2D eigenvalue weighted by atomic mass is 10.1. The van der Waals surface area contributed by atoms with Crippen molar-refractivity contribution in [2.75, 3.05) is 6.54 Å². The predicted octanol–water partition coefficient (Wildman–Crippen LogP) is 3.62. The van der Waals surface area contributed by atoms with Gasteiger partial charge in [0.1, 0.15) is 0 Å². The van der Waals surface area contributed by atoms with E-state index in [9.17, 15) is 18.5 Å². The third-order valence-corrected chi connectivity index (χ3v) is 4.93. The zero-order valence-corrected chi connectivity index (χ0v) is 13.8. The fourth-order valence-electron chi connectivity index (χ4n) is 2.20. The highest BCUT2D eigenvalue weighted by Crippen LogP contribution is 2.22. The van der Waals surface area contributed by atoms with E-state index in [4.69, 9.17) is 0 Å². The second kappa shape index (κ2) is 9.53. The van der Waals surface area contributed by atoms with Crippen molar-refractivity contribution in [3.63, 3.8) is 0 Å². The van der Waals surface area contributed by atoms with Crippen molar-refractivity contribution < 1.29 is 13.3 Å². The molecule has 6 nitrogen and oxygen atoms in total. The molecule has 1 N–H and O–H groups in total. The van der Waals surface area contributed by atoms with E-state index in [1.807, 2.05) is 0 Å². The summed E-state index contributed by atoms with van der Waals surface area (Å²) in [7, 11) is -3.83. The van der Waals surface area contributed by atoms with Gasteiger partial charge in [-0.05, 0) is 12.5 Å². The van der Waals surface area contributed by atoms with Gasteiger partial charge in [0.15, 0.2) is 4.90 Å². The van der Waals surface area contributed by atoms with Gasteiger partial charge < -0.3 is 0 Å². The van der Waals surface area contributed by atoms with Gasteiger partial charge in [-0.3, -0.25) is 10.1 Å². The minimum Gasteiger partial charge on any atom is -0.258 e. The number of unbranched alkanes of at least 4 members (excludes halogenated alkanes) is 6. The van der Waals surface area contributed by atoms with E-state index < -0.39 is 20.6 Å². The maximum Gasteiger partial charge on any atom is 0.289 e. The molecular weight excluding hydrogens is 304 g/mol. The molecule has 0 amide bonds. The van der Waals surface area contributed by atoms with Crippen LogP contribution in [0.15, 0.2) is 29.2 Å². The van der Waals surface area contributed by atoms with Crippen LogP contribution >= 0.6 is 0 Å². The predicted molar refractivity (Wildman–Crippen MR) is 86.3 cm³/mol.